The Bertz CT molecular complexity index is 1310. The minimum Gasteiger partial charge on any atom is -0.406 e. The topological polar surface area (TPSA) is 108 Å². The first-order valence-electron chi connectivity index (χ1n) is 9.89. The highest BCUT2D eigenvalue weighted by molar-refractivity contribution is 7.92. The van der Waals surface area contributed by atoms with Gasteiger partial charge in [-0.3, -0.25) is 9.52 Å². The van der Waals surface area contributed by atoms with E-state index in [1.165, 1.54) is 0 Å². The summed E-state index contributed by atoms with van der Waals surface area (Å²) in [7, 11) is -4.61. The Morgan fingerprint density at radius 2 is 1.60 bits per heavy atom. The number of nitrogens with one attached hydrogen (secondary N) is 2. The van der Waals surface area contributed by atoms with Gasteiger partial charge in [0, 0.05) is 5.54 Å². The largest absolute Gasteiger partial charge is 0.573 e. The van der Waals surface area contributed by atoms with Crippen LogP contribution in [0.25, 0.3) is 0 Å². The van der Waals surface area contributed by atoms with Crippen LogP contribution in [0.3, 0.4) is 0 Å². The van der Waals surface area contributed by atoms with E-state index in [1.807, 2.05) is 4.72 Å². The molecular weight excluding hydrogens is 504 g/mol. The summed E-state index contributed by atoms with van der Waals surface area (Å²) >= 11 is 0. The molecule has 2 N–H and O–H groups in total. The van der Waals surface area contributed by atoms with Crippen LogP contribution in [0, 0.1) is 16.7 Å². The van der Waals surface area contributed by atoms with Gasteiger partial charge < -0.3 is 10.1 Å². The molecule has 2 aromatic carbocycles. The van der Waals surface area contributed by atoms with Crippen LogP contribution in [0.15, 0.2) is 47.4 Å². The van der Waals surface area contributed by atoms with E-state index in [4.69, 9.17) is 5.26 Å². The van der Waals surface area contributed by atoms with Crippen molar-refractivity contribution in [2.45, 2.75) is 42.2 Å². The van der Waals surface area contributed by atoms with Gasteiger partial charge in [-0.2, -0.15) is 18.4 Å². The van der Waals surface area contributed by atoms with Crippen molar-refractivity contribution in [3.63, 3.8) is 0 Å². The molecule has 14 heteroatoms. The van der Waals surface area contributed by atoms with Crippen molar-refractivity contribution in [2.75, 3.05) is 4.72 Å². The molecule has 5 rings (SSSR count). The smallest absolute Gasteiger partial charge is 0.406 e. The van der Waals surface area contributed by atoms with Gasteiger partial charge in [-0.25, -0.2) is 8.42 Å². The predicted molar refractivity (Wildman–Crippen MR) is 107 cm³/mol. The van der Waals surface area contributed by atoms with E-state index in [9.17, 15) is 39.6 Å². The lowest BCUT2D eigenvalue weighted by Gasteiger charge is -2.66. The highest BCUT2D eigenvalue weighted by Gasteiger charge is 2.69. The number of nitriles is 1. The van der Waals surface area contributed by atoms with Crippen molar-refractivity contribution < 1.29 is 44.3 Å². The number of sulfonamides is 1. The maximum absolute atomic E-state index is 13.2. The Morgan fingerprint density at radius 1 is 1.00 bits per heavy atom. The SMILES string of the molecule is N#CC12CC(NC(=O)c3ccc(C(F)(F)F)cc3NS(=O)(=O)c3ccc(OC(F)(F)F)cc3)(C1)C2. The minimum atomic E-state index is -5.01. The number of hydrogen-bond donors (Lipinski definition) is 2. The van der Waals surface area contributed by atoms with Crippen LogP contribution in [0.5, 0.6) is 5.75 Å². The monoisotopic (exact) mass is 519 g/mol. The van der Waals surface area contributed by atoms with Gasteiger partial charge in [-0.05, 0) is 61.7 Å². The molecule has 3 aliphatic rings. The zero-order valence-corrected chi connectivity index (χ0v) is 18.2. The van der Waals surface area contributed by atoms with Gasteiger partial charge in [0.25, 0.3) is 15.9 Å². The molecule has 186 valence electrons. The Labute approximate surface area is 194 Å². The zero-order chi connectivity index (χ0) is 25.9. The average Bonchev–Trinajstić information content (AvgIpc) is 2.67. The highest BCUT2D eigenvalue weighted by atomic mass is 32.2. The van der Waals surface area contributed by atoms with Crippen molar-refractivity contribution in [3.05, 3.63) is 53.6 Å². The number of alkyl halides is 6. The van der Waals surface area contributed by atoms with E-state index in [-0.39, 0.29) is 0 Å². The average molecular weight is 519 g/mol. The van der Waals surface area contributed by atoms with Gasteiger partial charge >= 0.3 is 12.5 Å². The molecule has 0 aliphatic heterocycles. The number of ether oxygens (including phenoxy) is 1. The second-order valence-corrected chi connectivity index (χ2v) is 10.2. The van der Waals surface area contributed by atoms with Crippen molar-refractivity contribution in [1.29, 1.82) is 5.26 Å². The summed E-state index contributed by atoms with van der Waals surface area (Å²) in [4.78, 5) is 12.2. The van der Waals surface area contributed by atoms with Crippen LogP contribution in [0.4, 0.5) is 32.0 Å². The fourth-order valence-corrected chi connectivity index (χ4v) is 5.45. The molecular formula is C21H15F6N3O4S. The number of halogens is 6. The number of amides is 1. The first kappa shape index (κ1) is 24.6. The number of anilines is 1. The molecule has 0 spiro atoms. The number of carbonyl (C=O) groups is 1. The number of carbonyl (C=O) groups excluding carboxylic acids is 1. The van der Waals surface area contributed by atoms with E-state index in [0.29, 0.717) is 31.4 Å². The standard InChI is InChI=1S/C21H15F6N3O4S/c22-20(23,24)12-1-6-15(17(31)29-19-8-18(9-19,10-19)11-28)16(7-12)30-35(32,33)14-4-2-13(3-5-14)34-21(25,26)27/h1-7,30H,8-10H2,(H,29,31). The number of nitrogens with zero attached hydrogens (tertiary/aromatic N) is 1. The third kappa shape index (κ3) is 4.86. The quantitative estimate of drug-likeness (QED) is 0.544. The lowest BCUT2D eigenvalue weighted by molar-refractivity contribution is -0.274. The summed E-state index contributed by atoms with van der Waals surface area (Å²) in [5, 5.41) is 11.8. The zero-order valence-electron chi connectivity index (χ0n) is 17.4. The van der Waals surface area contributed by atoms with Crippen molar-refractivity contribution in [1.82, 2.24) is 5.32 Å². The molecule has 2 aromatic rings. The van der Waals surface area contributed by atoms with E-state index in [0.717, 1.165) is 30.3 Å². The Morgan fingerprint density at radius 3 is 2.11 bits per heavy atom. The maximum Gasteiger partial charge on any atom is 0.573 e. The number of hydrogen-bond acceptors (Lipinski definition) is 5. The van der Waals surface area contributed by atoms with Crippen LogP contribution in [-0.2, 0) is 16.2 Å². The van der Waals surface area contributed by atoms with Gasteiger partial charge in [-0.1, -0.05) is 0 Å². The second kappa shape index (κ2) is 7.77. The van der Waals surface area contributed by atoms with Gasteiger partial charge in [0.15, 0.2) is 0 Å². The van der Waals surface area contributed by atoms with Gasteiger partial charge in [0.2, 0.25) is 0 Å². The van der Waals surface area contributed by atoms with E-state index >= 15 is 0 Å². The molecule has 2 bridgehead atoms. The molecule has 1 amide bonds. The number of benzene rings is 2. The molecule has 0 saturated heterocycles. The molecule has 0 aromatic heterocycles. The van der Waals surface area contributed by atoms with Crippen molar-refractivity contribution in [2.24, 2.45) is 5.41 Å². The summed E-state index contributed by atoms with van der Waals surface area (Å²) in [5.74, 6) is -1.54. The molecule has 3 saturated carbocycles. The van der Waals surface area contributed by atoms with Crippen LogP contribution >= 0.6 is 0 Å². The van der Waals surface area contributed by atoms with Gasteiger partial charge in [0.1, 0.15) is 5.75 Å². The lowest BCUT2D eigenvalue weighted by Crippen LogP contribution is -2.74. The highest BCUT2D eigenvalue weighted by Crippen LogP contribution is 2.66. The Kier molecular flexibility index (Phi) is 5.47. The summed E-state index contributed by atoms with van der Waals surface area (Å²) in [6, 6.07) is 7.00. The Balaban J connectivity index is 1.61. The summed E-state index contributed by atoms with van der Waals surface area (Å²) in [6.45, 7) is 0. The molecule has 3 aliphatic carbocycles. The number of rotatable bonds is 6. The molecule has 7 nitrogen and oxygen atoms in total. The normalized spacial score (nSPS) is 23.3. The first-order chi connectivity index (χ1) is 16.1. The minimum absolute atomic E-state index is 0.385. The third-order valence-electron chi connectivity index (χ3n) is 5.85. The van der Waals surface area contributed by atoms with Gasteiger partial charge in [0.05, 0.1) is 33.2 Å². The third-order valence-corrected chi connectivity index (χ3v) is 7.23. The fourth-order valence-electron chi connectivity index (χ4n) is 4.37. The van der Waals surface area contributed by atoms with Crippen LogP contribution in [0.1, 0.15) is 35.2 Å². The molecule has 3 fully saturated rings. The van der Waals surface area contributed by atoms with Crippen molar-refractivity contribution in [3.8, 4) is 11.8 Å². The van der Waals surface area contributed by atoms with Crippen LogP contribution in [-0.4, -0.2) is 26.2 Å². The molecule has 0 atom stereocenters. The lowest BCUT2D eigenvalue weighted by atomic mass is 9.40. The summed E-state index contributed by atoms with van der Waals surface area (Å²) < 4.78 is 108. The van der Waals surface area contributed by atoms with Crippen molar-refractivity contribution >= 4 is 21.6 Å². The molecule has 0 unspecified atom stereocenters. The first-order valence-corrected chi connectivity index (χ1v) is 11.4. The summed E-state index contributed by atoms with van der Waals surface area (Å²) in [6.07, 6.45) is -8.70. The summed E-state index contributed by atoms with van der Waals surface area (Å²) in [5.41, 5.74) is -3.47. The maximum atomic E-state index is 13.2. The van der Waals surface area contributed by atoms with Crippen LogP contribution in [0.2, 0.25) is 0 Å². The van der Waals surface area contributed by atoms with E-state index in [1.54, 1.807) is 0 Å². The molecule has 0 radical (unpaired) electrons. The fraction of sp³-hybridized carbons (Fsp3) is 0.333. The predicted octanol–water partition coefficient (Wildman–Crippen LogP) is 4.58. The molecule has 35 heavy (non-hydrogen) atoms. The van der Waals surface area contributed by atoms with Gasteiger partial charge in [-0.15, -0.1) is 13.2 Å². The van der Waals surface area contributed by atoms with E-state index in [2.05, 4.69) is 16.1 Å². The molecule has 0 heterocycles. The Hall–Kier alpha value is -3.47. The van der Waals surface area contributed by atoms with E-state index < -0.39 is 66.9 Å². The second-order valence-electron chi connectivity index (χ2n) is 8.54. The van der Waals surface area contributed by atoms with Crippen LogP contribution < -0.4 is 14.8 Å².